The monoisotopic (exact) mass is 1390 g/mol. The summed E-state index contributed by atoms with van der Waals surface area (Å²) in [5.41, 5.74) is 34.3. The zero-order valence-electron chi connectivity index (χ0n) is 60.9. The molecule has 0 saturated carbocycles. The van der Waals surface area contributed by atoms with Crippen molar-refractivity contribution in [3.8, 4) is 146 Å². The summed E-state index contributed by atoms with van der Waals surface area (Å²) in [5, 5.41) is 2.27. The maximum atomic E-state index is 6.28. The molecule has 0 aliphatic heterocycles. The number of nitrogens with zero attached hydrogens (tertiary/aromatic N) is 4. The van der Waals surface area contributed by atoms with Crippen LogP contribution in [0.3, 0.4) is 0 Å². The van der Waals surface area contributed by atoms with E-state index in [0.29, 0.717) is 24.2 Å². The van der Waals surface area contributed by atoms with Crippen LogP contribution in [0.2, 0.25) is 0 Å². The molecule has 0 N–H and O–H groups in total. The van der Waals surface area contributed by atoms with Crippen LogP contribution in [0.1, 0.15) is 66.0 Å². The van der Waals surface area contributed by atoms with Crippen molar-refractivity contribution in [3.63, 3.8) is 0 Å². The molecule has 2 aliphatic carbocycles. The van der Waals surface area contributed by atoms with Gasteiger partial charge in [0.1, 0.15) is 5.75 Å². The third-order valence-electron chi connectivity index (χ3n) is 22.5. The number of rotatable bonds is 16. The van der Waals surface area contributed by atoms with Crippen LogP contribution in [-0.4, -0.2) is 33.7 Å². The Labute approximate surface area is 630 Å². The lowest BCUT2D eigenvalue weighted by molar-refractivity contribution is 0.185. The summed E-state index contributed by atoms with van der Waals surface area (Å²) in [4.78, 5) is 16.1. The largest absolute Gasteiger partial charge is 0.497 e. The minimum absolute atomic E-state index is 0.0375. The SMILES string of the molecule is COCc1cc(-c2cc(-c3ccccc3)cc(-c3ccccc3)c2)cc(-c2ccc3c(c2)C(C(C)c2ccc4c(c2)c2cc5c(cc2n4-c2nc(-c4ccccc4)nc(-c4ccccc4)n2)C(C)(C)c2ccccc2-5)c2cc(-c4cc(OC)cc(-c5cc(-c6ccccc6)cc(-c6ccccc6)c5)c4)ccc2-3)c1. The molecule has 2 heterocycles. The van der Waals surface area contributed by atoms with E-state index in [1.165, 1.54) is 61.2 Å². The molecular weight excluding hydrogens is 1310 g/mol. The van der Waals surface area contributed by atoms with Crippen LogP contribution in [0.15, 0.2) is 346 Å². The van der Waals surface area contributed by atoms with E-state index in [4.69, 9.17) is 24.4 Å². The zero-order valence-corrected chi connectivity index (χ0v) is 60.9. The van der Waals surface area contributed by atoms with Crippen molar-refractivity contribution in [3.05, 3.63) is 379 Å². The molecule has 17 aromatic rings. The molecule has 15 aromatic carbocycles. The van der Waals surface area contributed by atoms with E-state index in [9.17, 15) is 0 Å². The Morgan fingerprint density at radius 1 is 0.324 bits per heavy atom. The second-order valence-electron chi connectivity index (χ2n) is 29.4. The van der Waals surface area contributed by atoms with E-state index < -0.39 is 0 Å². The molecule has 6 heteroatoms. The summed E-state index contributed by atoms with van der Waals surface area (Å²) in [7, 11) is 3.57. The first-order valence-corrected chi connectivity index (χ1v) is 37.3. The summed E-state index contributed by atoms with van der Waals surface area (Å²) in [6.45, 7) is 7.62. The third kappa shape index (κ3) is 11.8. The molecule has 0 bridgehead atoms. The Hall–Kier alpha value is -13.1. The van der Waals surface area contributed by atoms with Crippen LogP contribution in [0, 0.1) is 0 Å². The number of hydrogen-bond donors (Lipinski definition) is 0. The van der Waals surface area contributed by atoms with Gasteiger partial charge in [-0.3, -0.25) is 4.57 Å². The maximum Gasteiger partial charge on any atom is 0.238 e. The summed E-state index contributed by atoms with van der Waals surface area (Å²) in [6.07, 6.45) is 0. The zero-order chi connectivity index (χ0) is 72.6. The highest BCUT2D eigenvalue weighted by atomic mass is 16.5. The number of fused-ring (bicyclic) bond motifs is 9. The van der Waals surface area contributed by atoms with Gasteiger partial charge in [0.25, 0.3) is 0 Å². The van der Waals surface area contributed by atoms with E-state index in [-0.39, 0.29) is 17.3 Å². The minimum Gasteiger partial charge on any atom is -0.497 e. The number of benzene rings is 15. The smallest absolute Gasteiger partial charge is 0.238 e. The van der Waals surface area contributed by atoms with Crippen molar-refractivity contribution in [2.45, 2.75) is 44.6 Å². The summed E-state index contributed by atoms with van der Waals surface area (Å²) < 4.78 is 14.6. The summed E-state index contributed by atoms with van der Waals surface area (Å²) in [6, 6.07) is 127. The van der Waals surface area contributed by atoms with Crippen molar-refractivity contribution in [1.82, 2.24) is 19.5 Å². The summed E-state index contributed by atoms with van der Waals surface area (Å²) in [5.74, 6) is 2.46. The third-order valence-corrected chi connectivity index (χ3v) is 22.5. The standard InChI is InChI=1S/C102H76N4O2/c1-64(72-42-45-96-90(58-72)91-61-89-88-38-24-25-39-94(88)102(2,3)95(89)62-97(91)106(96)101-104-99(70-34-20-10-21-35-70)103-100(105-101)71-36-22-11-23-37-71)98-92-59-73(75-46-65(63-107-4)47-76(48-75)81-51-77(66-26-12-6-13-27-66)49-78(52-81)67-28-14-7-15-29-67)40-43-86(92)87-44-41-74(60-93(87)98)83-55-84(57-85(56-83)108-5)82-53-79(68-30-16-8-17-31-68)50-80(54-82)69-32-18-9-19-33-69/h6-62,64,98H,63H2,1-5H3. The van der Waals surface area contributed by atoms with E-state index in [0.717, 1.165) is 122 Å². The van der Waals surface area contributed by atoms with Gasteiger partial charge < -0.3 is 9.47 Å². The highest BCUT2D eigenvalue weighted by molar-refractivity contribution is 6.12. The molecule has 0 fully saturated rings. The first kappa shape index (κ1) is 65.6. The summed E-state index contributed by atoms with van der Waals surface area (Å²) >= 11 is 0. The first-order valence-electron chi connectivity index (χ1n) is 37.3. The lowest BCUT2D eigenvalue weighted by Crippen LogP contribution is -2.15. The van der Waals surface area contributed by atoms with Gasteiger partial charge in [0.05, 0.1) is 24.8 Å². The van der Waals surface area contributed by atoms with Crippen LogP contribution in [-0.2, 0) is 16.8 Å². The molecule has 0 radical (unpaired) electrons. The molecule has 108 heavy (non-hydrogen) atoms. The van der Waals surface area contributed by atoms with Crippen LogP contribution < -0.4 is 4.74 Å². The van der Waals surface area contributed by atoms with Crippen molar-refractivity contribution < 1.29 is 9.47 Å². The average Bonchev–Trinajstić information content (AvgIpc) is 1.55. The maximum absolute atomic E-state index is 6.28. The Morgan fingerprint density at radius 2 is 0.722 bits per heavy atom. The molecule has 0 saturated heterocycles. The minimum atomic E-state index is -0.261. The van der Waals surface area contributed by atoms with Crippen molar-refractivity contribution in [2.75, 3.05) is 14.2 Å². The second-order valence-corrected chi connectivity index (χ2v) is 29.4. The van der Waals surface area contributed by atoms with Gasteiger partial charge in [-0.05, 0) is 260 Å². The molecule has 0 spiro atoms. The number of aromatic nitrogens is 4. The fourth-order valence-corrected chi connectivity index (χ4v) is 17.1. The predicted molar refractivity (Wildman–Crippen MR) is 445 cm³/mol. The molecular formula is C102H76N4O2. The van der Waals surface area contributed by atoms with Gasteiger partial charge in [0.15, 0.2) is 11.6 Å². The number of methoxy groups -OCH3 is 2. The van der Waals surface area contributed by atoms with E-state index in [1.54, 1.807) is 14.2 Å². The van der Waals surface area contributed by atoms with Gasteiger partial charge >= 0.3 is 0 Å². The Bertz CT molecular complexity index is 6160. The van der Waals surface area contributed by atoms with Gasteiger partial charge in [-0.2, -0.15) is 9.97 Å². The lowest BCUT2D eigenvalue weighted by atomic mass is 9.79. The first-order chi connectivity index (χ1) is 53.0. The molecule has 6 nitrogen and oxygen atoms in total. The van der Waals surface area contributed by atoms with Crippen LogP contribution >= 0.6 is 0 Å². The quantitative estimate of drug-likeness (QED) is 0.0965. The second kappa shape index (κ2) is 27.1. The van der Waals surface area contributed by atoms with E-state index >= 15 is 0 Å². The molecule has 2 aliphatic rings. The Kier molecular flexibility index (Phi) is 16.5. The van der Waals surface area contributed by atoms with Crippen LogP contribution in [0.5, 0.6) is 5.75 Å². The Morgan fingerprint density at radius 3 is 1.19 bits per heavy atom. The Balaban J connectivity index is 0.800. The van der Waals surface area contributed by atoms with Gasteiger partial charge in [-0.1, -0.05) is 257 Å². The highest BCUT2D eigenvalue weighted by Crippen LogP contribution is 2.56. The topological polar surface area (TPSA) is 62.1 Å². The fraction of sp³-hybridized carbons (Fsp3) is 0.0882. The van der Waals surface area contributed by atoms with Crippen molar-refractivity contribution >= 4 is 21.8 Å². The molecule has 2 aromatic heterocycles. The number of ether oxygens (including phenoxy) is 2. The molecule has 0 amide bonds. The number of hydrogen-bond acceptors (Lipinski definition) is 5. The molecule has 516 valence electrons. The van der Waals surface area contributed by atoms with Gasteiger partial charge in [0, 0.05) is 40.3 Å². The van der Waals surface area contributed by atoms with Gasteiger partial charge in [-0.25, -0.2) is 4.98 Å². The van der Waals surface area contributed by atoms with E-state index in [2.05, 4.69) is 335 Å². The van der Waals surface area contributed by atoms with Gasteiger partial charge in [-0.15, -0.1) is 0 Å². The molecule has 2 atom stereocenters. The van der Waals surface area contributed by atoms with Gasteiger partial charge in [0.2, 0.25) is 5.95 Å². The molecule has 2 unspecified atom stereocenters. The van der Waals surface area contributed by atoms with Crippen molar-refractivity contribution in [2.24, 2.45) is 0 Å². The molecule has 19 rings (SSSR count). The lowest BCUT2D eigenvalue weighted by Gasteiger charge is -2.24. The normalized spacial score (nSPS) is 13.4. The van der Waals surface area contributed by atoms with E-state index in [1.807, 2.05) is 36.4 Å². The van der Waals surface area contributed by atoms with Crippen LogP contribution in [0.25, 0.3) is 162 Å². The predicted octanol–water partition coefficient (Wildman–Crippen LogP) is 26.0. The highest BCUT2D eigenvalue weighted by Gasteiger charge is 2.38. The van der Waals surface area contributed by atoms with Crippen LogP contribution in [0.4, 0.5) is 0 Å². The fourth-order valence-electron chi connectivity index (χ4n) is 17.1. The van der Waals surface area contributed by atoms with Crippen molar-refractivity contribution in [1.29, 1.82) is 0 Å². The average molecular weight is 1390 g/mol.